The van der Waals surface area contributed by atoms with E-state index in [0.29, 0.717) is 5.39 Å². The maximum Gasteiger partial charge on any atom is 0.419 e. The van der Waals surface area contributed by atoms with E-state index >= 15 is 0 Å². The van der Waals surface area contributed by atoms with Gasteiger partial charge in [0.05, 0.1) is 12.1 Å². The second-order valence-electron chi connectivity index (χ2n) is 5.90. The molecule has 3 rings (SSSR count). The van der Waals surface area contributed by atoms with Crippen molar-refractivity contribution in [2.75, 3.05) is 6.61 Å². The number of para-hydroxylation sites is 1. The quantitative estimate of drug-likeness (QED) is 0.516. The summed E-state index contributed by atoms with van der Waals surface area (Å²) in [7, 11) is 0. The van der Waals surface area contributed by atoms with Crippen molar-refractivity contribution < 1.29 is 27.9 Å². The van der Waals surface area contributed by atoms with Gasteiger partial charge in [-0.05, 0) is 35.7 Å². The first kappa shape index (κ1) is 19.4. The van der Waals surface area contributed by atoms with E-state index in [1.807, 2.05) is 0 Å². The van der Waals surface area contributed by atoms with Crippen LogP contribution >= 0.6 is 0 Å². The Bertz CT molecular complexity index is 1080. The van der Waals surface area contributed by atoms with Gasteiger partial charge < -0.3 is 9.30 Å². The van der Waals surface area contributed by atoms with E-state index in [4.69, 9.17) is 9.94 Å². The Balaban J connectivity index is 1.81. The average molecular weight is 392 g/mol. The number of amides is 1. The molecule has 1 aromatic heterocycles. The molecule has 28 heavy (non-hydrogen) atoms. The van der Waals surface area contributed by atoms with Crippen LogP contribution in [-0.2, 0) is 12.7 Å². The van der Waals surface area contributed by atoms with Crippen molar-refractivity contribution >= 4 is 16.7 Å². The molecule has 0 fully saturated rings. The molecule has 0 aliphatic rings. The van der Waals surface area contributed by atoms with Crippen LogP contribution in [0.4, 0.5) is 13.2 Å². The molecule has 6 nitrogen and oxygen atoms in total. The van der Waals surface area contributed by atoms with Crippen LogP contribution < -0.4 is 15.8 Å². The normalized spacial score (nSPS) is 11.4. The van der Waals surface area contributed by atoms with E-state index in [1.165, 1.54) is 46.6 Å². The summed E-state index contributed by atoms with van der Waals surface area (Å²) in [5.41, 5.74) is 0.267. The summed E-state index contributed by atoms with van der Waals surface area (Å²) in [6, 6.07) is 10.8. The number of nitrogens with one attached hydrogen (secondary N) is 1. The summed E-state index contributed by atoms with van der Waals surface area (Å²) in [6.07, 6.45) is -3.05. The number of carbonyl (C=O) groups excluding carboxylic acids is 1. The van der Waals surface area contributed by atoms with Crippen molar-refractivity contribution in [2.45, 2.75) is 12.7 Å². The maximum atomic E-state index is 13.0. The number of halogens is 3. The number of benzene rings is 2. The first-order valence-electron chi connectivity index (χ1n) is 8.18. The first-order valence-corrected chi connectivity index (χ1v) is 8.18. The Hall–Kier alpha value is -3.33. The largest absolute Gasteiger partial charge is 0.491 e. The van der Waals surface area contributed by atoms with Crippen LogP contribution in [0.15, 0.2) is 59.5 Å². The Kier molecular flexibility index (Phi) is 5.36. The van der Waals surface area contributed by atoms with Crippen LogP contribution in [0.25, 0.3) is 10.8 Å². The van der Waals surface area contributed by atoms with Crippen molar-refractivity contribution in [1.82, 2.24) is 10.0 Å². The molecule has 2 N–H and O–H groups in total. The van der Waals surface area contributed by atoms with Gasteiger partial charge in [-0.25, -0.2) is 5.48 Å². The molecular weight excluding hydrogens is 377 g/mol. The fraction of sp³-hybridized carbons (Fsp3) is 0.158. The number of hydrogen-bond donors (Lipinski definition) is 2. The van der Waals surface area contributed by atoms with Gasteiger partial charge in [0.2, 0.25) is 0 Å². The number of rotatable bonds is 5. The Morgan fingerprint density at radius 1 is 1.14 bits per heavy atom. The fourth-order valence-electron chi connectivity index (χ4n) is 2.74. The third-order valence-corrected chi connectivity index (χ3v) is 4.12. The smallest absolute Gasteiger partial charge is 0.419 e. The van der Waals surface area contributed by atoms with E-state index in [0.717, 1.165) is 6.07 Å². The third kappa shape index (κ3) is 3.99. The zero-order valence-electron chi connectivity index (χ0n) is 14.4. The van der Waals surface area contributed by atoms with E-state index in [-0.39, 0.29) is 29.9 Å². The molecule has 0 unspecified atom stereocenters. The molecule has 0 radical (unpaired) electrons. The van der Waals surface area contributed by atoms with E-state index in [1.54, 1.807) is 12.1 Å². The predicted molar refractivity (Wildman–Crippen MR) is 94.4 cm³/mol. The van der Waals surface area contributed by atoms with E-state index in [2.05, 4.69) is 0 Å². The lowest BCUT2D eigenvalue weighted by molar-refractivity contribution is -0.139. The molecule has 0 saturated carbocycles. The number of carbonyl (C=O) groups is 1. The molecule has 3 aromatic rings. The highest BCUT2D eigenvalue weighted by Crippen LogP contribution is 2.35. The molecule has 0 aliphatic carbocycles. The highest BCUT2D eigenvalue weighted by molar-refractivity contribution is 5.97. The number of aromatic nitrogens is 1. The van der Waals surface area contributed by atoms with Gasteiger partial charge in [0.25, 0.3) is 11.5 Å². The summed E-state index contributed by atoms with van der Waals surface area (Å²) in [4.78, 5) is 24.1. The lowest BCUT2D eigenvalue weighted by Crippen LogP contribution is -2.24. The summed E-state index contributed by atoms with van der Waals surface area (Å²) in [5, 5.41) is 9.53. The molecule has 0 saturated heterocycles. The van der Waals surface area contributed by atoms with Gasteiger partial charge in [0.15, 0.2) is 0 Å². The topological polar surface area (TPSA) is 80.6 Å². The molecular formula is C19H15F3N2O4. The van der Waals surface area contributed by atoms with Crippen LogP contribution in [0.1, 0.15) is 15.9 Å². The van der Waals surface area contributed by atoms with Crippen LogP contribution in [0.5, 0.6) is 5.75 Å². The van der Waals surface area contributed by atoms with Gasteiger partial charge in [-0.1, -0.05) is 18.2 Å². The summed E-state index contributed by atoms with van der Waals surface area (Å²) < 4.78 is 45.5. The summed E-state index contributed by atoms with van der Waals surface area (Å²) in [6.45, 7) is -0.146. The van der Waals surface area contributed by atoms with Crippen molar-refractivity contribution in [3.8, 4) is 5.75 Å². The second-order valence-corrected chi connectivity index (χ2v) is 5.90. The second kappa shape index (κ2) is 7.73. The number of pyridine rings is 1. The molecule has 0 atom stereocenters. The predicted octanol–water partition coefficient (Wildman–Crippen LogP) is 3.22. The van der Waals surface area contributed by atoms with Crippen LogP contribution in [0.2, 0.25) is 0 Å². The monoisotopic (exact) mass is 392 g/mol. The lowest BCUT2D eigenvalue weighted by Gasteiger charge is -2.14. The minimum Gasteiger partial charge on any atom is -0.491 e. The zero-order valence-corrected chi connectivity index (χ0v) is 14.4. The third-order valence-electron chi connectivity index (χ3n) is 4.12. The van der Waals surface area contributed by atoms with Gasteiger partial charge >= 0.3 is 6.18 Å². The molecule has 1 amide bonds. The molecule has 0 spiro atoms. The molecule has 1 heterocycles. The van der Waals surface area contributed by atoms with Crippen molar-refractivity contribution in [3.63, 3.8) is 0 Å². The summed E-state index contributed by atoms with van der Waals surface area (Å²) in [5.74, 6) is -1.07. The first-order chi connectivity index (χ1) is 13.3. The number of ether oxygens (including phenoxy) is 1. The lowest BCUT2D eigenvalue weighted by atomic mass is 10.1. The SMILES string of the molecule is O=C(NO)c1ccc2ccn(CCOc3ccccc3C(F)(F)F)c(=O)c2c1. The highest BCUT2D eigenvalue weighted by Gasteiger charge is 2.33. The fourth-order valence-corrected chi connectivity index (χ4v) is 2.74. The molecule has 2 aromatic carbocycles. The van der Waals surface area contributed by atoms with E-state index < -0.39 is 23.2 Å². The maximum absolute atomic E-state index is 13.0. The molecule has 0 aliphatic heterocycles. The van der Waals surface area contributed by atoms with Gasteiger partial charge in [0, 0.05) is 17.1 Å². The highest BCUT2D eigenvalue weighted by atomic mass is 19.4. The minimum atomic E-state index is -4.54. The molecule has 146 valence electrons. The van der Waals surface area contributed by atoms with E-state index in [9.17, 15) is 22.8 Å². The van der Waals surface area contributed by atoms with Gasteiger partial charge in [0.1, 0.15) is 12.4 Å². The minimum absolute atomic E-state index is 0.0113. The number of hydroxylamine groups is 1. The van der Waals surface area contributed by atoms with Gasteiger partial charge in [-0.2, -0.15) is 13.2 Å². The molecule has 0 bridgehead atoms. The number of alkyl halides is 3. The van der Waals surface area contributed by atoms with Crippen LogP contribution in [0.3, 0.4) is 0 Å². The van der Waals surface area contributed by atoms with Gasteiger partial charge in [-0.3, -0.25) is 14.8 Å². The Labute approximate surface area is 156 Å². The standard InChI is InChI=1S/C19H15F3N2O4/c20-19(21,22)15-3-1-2-4-16(15)28-10-9-24-8-7-12-5-6-13(17(25)23-27)11-14(12)18(24)26/h1-8,11,27H,9-10H2,(H,23,25). The molecule has 9 heteroatoms. The van der Waals surface area contributed by atoms with Crippen LogP contribution in [-0.4, -0.2) is 22.3 Å². The number of fused-ring (bicyclic) bond motifs is 1. The van der Waals surface area contributed by atoms with Gasteiger partial charge in [-0.15, -0.1) is 0 Å². The van der Waals surface area contributed by atoms with Crippen LogP contribution in [0, 0.1) is 0 Å². The summed E-state index contributed by atoms with van der Waals surface area (Å²) >= 11 is 0. The zero-order chi connectivity index (χ0) is 20.3. The number of hydrogen-bond acceptors (Lipinski definition) is 4. The van der Waals surface area contributed by atoms with Crippen molar-refractivity contribution in [3.05, 3.63) is 76.2 Å². The Morgan fingerprint density at radius 2 is 1.89 bits per heavy atom. The Morgan fingerprint density at radius 3 is 2.61 bits per heavy atom. The van der Waals surface area contributed by atoms with Crippen molar-refractivity contribution in [2.24, 2.45) is 0 Å². The number of nitrogens with zero attached hydrogens (tertiary/aromatic N) is 1. The average Bonchev–Trinajstić information content (AvgIpc) is 2.68. The van der Waals surface area contributed by atoms with Crippen molar-refractivity contribution in [1.29, 1.82) is 0 Å².